The van der Waals surface area contributed by atoms with E-state index in [0.29, 0.717) is 25.8 Å². The molecule has 0 spiro atoms. The molecule has 2 N–H and O–H groups in total. The van der Waals surface area contributed by atoms with Crippen LogP contribution in [0.1, 0.15) is 38.3 Å². The van der Waals surface area contributed by atoms with Crippen LogP contribution in [0.5, 0.6) is 11.5 Å². The van der Waals surface area contributed by atoms with E-state index in [1.807, 2.05) is 6.07 Å². The van der Waals surface area contributed by atoms with Gasteiger partial charge in [0.15, 0.2) is 11.5 Å². The molecule has 1 heterocycles. The van der Waals surface area contributed by atoms with Gasteiger partial charge >= 0.3 is 0 Å². The van der Waals surface area contributed by atoms with Crippen molar-refractivity contribution in [1.29, 1.82) is 0 Å². The molecule has 0 bridgehead atoms. The molecule has 0 saturated carbocycles. The first-order valence-corrected chi connectivity index (χ1v) is 7.49. The second-order valence-electron chi connectivity index (χ2n) is 5.46. The second-order valence-corrected chi connectivity index (χ2v) is 5.46. The fourth-order valence-electron chi connectivity index (χ4n) is 2.73. The Morgan fingerprint density at radius 2 is 1.95 bits per heavy atom. The number of nitrogens with two attached hydrogens (primary N) is 1. The second kappa shape index (κ2) is 6.95. The number of hydrogen-bond donors (Lipinski definition) is 1. The van der Waals surface area contributed by atoms with E-state index in [-0.39, 0.29) is 6.04 Å². The Bertz CT molecular complexity index is 436. The van der Waals surface area contributed by atoms with Crippen LogP contribution in [0.2, 0.25) is 0 Å². The SMILES string of the molecule is CCCC(C)N(C)C(CN)c1ccc2c(c1)OCCO2. The lowest BCUT2D eigenvalue weighted by atomic mass is 10.0. The monoisotopic (exact) mass is 278 g/mol. The van der Waals surface area contributed by atoms with Crippen LogP contribution < -0.4 is 15.2 Å². The van der Waals surface area contributed by atoms with Gasteiger partial charge in [0, 0.05) is 18.6 Å². The summed E-state index contributed by atoms with van der Waals surface area (Å²) in [6.45, 7) is 6.31. The molecule has 0 saturated heterocycles. The van der Waals surface area contributed by atoms with E-state index in [0.717, 1.165) is 11.5 Å². The number of nitrogens with zero attached hydrogens (tertiary/aromatic N) is 1. The van der Waals surface area contributed by atoms with Crippen LogP contribution >= 0.6 is 0 Å². The summed E-state index contributed by atoms with van der Waals surface area (Å²) in [5.74, 6) is 1.67. The zero-order valence-corrected chi connectivity index (χ0v) is 12.8. The third-order valence-electron chi connectivity index (χ3n) is 4.07. The van der Waals surface area contributed by atoms with Gasteiger partial charge in [-0.1, -0.05) is 19.4 Å². The highest BCUT2D eigenvalue weighted by atomic mass is 16.6. The summed E-state index contributed by atoms with van der Waals surface area (Å²) in [6.07, 6.45) is 2.36. The van der Waals surface area contributed by atoms with Crippen LogP contribution in [-0.4, -0.2) is 37.7 Å². The van der Waals surface area contributed by atoms with Crippen molar-refractivity contribution in [3.05, 3.63) is 23.8 Å². The summed E-state index contributed by atoms with van der Waals surface area (Å²) >= 11 is 0. The van der Waals surface area contributed by atoms with Crippen LogP contribution in [0.15, 0.2) is 18.2 Å². The van der Waals surface area contributed by atoms with Crippen molar-refractivity contribution < 1.29 is 9.47 Å². The lowest BCUT2D eigenvalue weighted by molar-refractivity contribution is 0.166. The Kier molecular flexibility index (Phi) is 5.26. The standard InChI is InChI=1S/C16H26N2O2/c1-4-5-12(2)18(3)14(11-17)13-6-7-15-16(10-13)20-9-8-19-15/h6-7,10,12,14H,4-5,8-9,11,17H2,1-3H3. The average Bonchev–Trinajstić information content (AvgIpc) is 2.48. The molecular formula is C16H26N2O2. The molecule has 0 fully saturated rings. The van der Waals surface area contributed by atoms with Crippen molar-refractivity contribution >= 4 is 0 Å². The molecule has 112 valence electrons. The van der Waals surface area contributed by atoms with E-state index >= 15 is 0 Å². The highest BCUT2D eigenvalue weighted by Gasteiger charge is 2.22. The molecule has 0 aliphatic carbocycles. The minimum atomic E-state index is 0.215. The molecule has 4 nitrogen and oxygen atoms in total. The van der Waals surface area contributed by atoms with Gasteiger partial charge < -0.3 is 15.2 Å². The molecule has 2 unspecified atom stereocenters. The molecule has 1 aliphatic heterocycles. The Morgan fingerprint density at radius 3 is 2.60 bits per heavy atom. The predicted octanol–water partition coefficient (Wildman–Crippen LogP) is 2.58. The van der Waals surface area contributed by atoms with Gasteiger partial charge in [0.05, 0.1) is 0 Å². The first-order chi connectivity index (χ1) is 9.67. The van der Waals surface area contributed by atoms with Gasteiger partial charge in [-0.25, -0.2) is 0 Å². The number of ether oxygens (including phenoxy) is 2. The van der Waals surface area contributed by atoms with E-state index < -0.39 is 0 Å². The van der Waals surface area contributed by atoms with Crippen molar-refractivity contribution in [3.63, 3.8) is 0 Å². The molecule has 2 rings (SSSR count). The van der Waals surface area contributed by atoms with Gasteiger partial charge in [-0.15, -0.1) is 0 Å². The molecule has 1 aliphatic rings. The maximum Gasteiger partial charge on any atom is 0.161 e. The zero-order valence-electron chi connectivity index (χ0n) is 12.8. The van der Waals surface area contributed by atoms with Crippen molar-refractivity contribution in [1.82, 2.24) is 4.90 Å². The van der Waals surface area contributed by atoms with Crippen LogP contribution in [0.3, 0.4) is 0 Å². The van der Waals surface area contributed by atoms with Gasteiger partial charge in [0.2, 0.25) is 0 Å². The van der Waals surface area contributed by atoms with Crippen molar-refractivity contribution in [2.24, 2.45) is 5.73 Å². The van der Waals surface area contributed by atoms with E-state index in [9.17, 15) is 0 Å². The van der Waals surface area contributed by atoms with E-state index in [1.165, 1.54) is 18.4 Å². The summed E-state index contributed by atoms with van der Waals surface area (Å²) < 4.78 is 11.2. The van der Waals surface area contributed by atoms with E-state index in [4.69, 9.17) is 15.2 Å². The Balaban J connectivity index is 2.18. The Hall–Kier alpha value is -1.26. The highest BCUT2D eigenvalue weighted by molar-refractivity contribution is 5.44. The highest BCUT2D eigenvalue weighted by Crippen LogP contribution is 2.34. The average molecular weight is 278 g/mol. The molecular weight excluding hydrogens is 252 g/mol. The van der Waals surface area contributed by atoms with Crippen LogP contribution in [0.4, 0.5) is 0 Å². The number of benzene rings is 1. The molecule has 1 aromatic rings. The smallest absolute Gasteiger partial charge is 0.161 e. The maximum atomic E-state index is 6.00. The third-order valence-corrected chi connectivity index (χ3v) is 4.07. The number of hydrogen-bond acceptors (Lipinski definition) is 4. The Labute approximate surface area is 121 Å². The lowest BCUT2D eigenvalue weighted by Gasteiger charge is -2.33. The Morgan fingerprint density at radius 1 is 1.25 bits per heavy atom. The van der Waals surface area contributed by atoms with Crippen molar-refractivity contribution in [2.75, 3.05) is 26.8 Å². The summed E-state index contributed by atoms with van der Waals surface area (Å²) in [5.41, 5.74) is 7.20. The van der Waals surface area contributed by atoms with Crippen LogP contribution in [-0.2, 0) is 0 Å². The van der Waals surface area contributed by atoms with Crippen molar-refractivity contribution in [2.45, 2.75) is 38.8 Å². The number of likely N-dealkylation sites (N-methyl/N-ethyl adjacent to an activating group) is 1. The normalized spacial score (nSPS) is 17.1. The maximum absolute atomic E-state index is 6.00. The third kappa shape index (κ3) is 3.25. The molecule has 0 radical (unpaired) electrons. The molecule has 0 aromatic heterocycles. The minimum absolute atomic E-state index is 0.215. The van der Waals surface area contributed by atoms with E-state index in [1.54, 1.807) is 0 Å². The molecule has 20 heavy (non-hydrogen) atoms. The minimum Gasteiger partial charge on any atom is -0.486 e. The van der Waals surface area contributed by atoms with Crippen molar-refractivity contribution in [3.8, 4) is 11.5 Å². The van der Waals surface area contributed by atoms with Gasteiger partial charge in [-0.05, 0) is 38.1 Å². The topological polar surface area (TPSA) is 47.7 Å². The summed E-state index contributed by atoms with van der Waals surface area (Å²) in [5, 5.41) is 0. The summed E-state index contributed by atoms with van der Waals surface area (Å²) in [7, 11) is 2.15. The van der Waals surface area contributed by atoms with Gasteiger partial charge in [-0.3, -0.25) is 4.90 Å². The quantitative estimate of drug-likeness (QED) is 0.869. The molecule has 0 amide bonds. The molecule has 2 atom stereocenters. The van der Waals surface area contributed by atoms with Gasteiger partial charge in [-0.2, -0.15) is 0 Å². The van der Waals surface area contributed by atoms with Crippen LogP contribution in [0, 0.1) is 0 Å². The van der Waals surface area contributed by atoms with Gasteiger partial charge in [0.1, 0.15) is 13.2 Å². The molecule has 1 aromatic carbocycles. The summed E-state index contributed by atoms with van der Waals surface area (Å²) in [4.78, 5) is 2.36. The number of fused-ring (bicyclic) bond motifs is 1. The van der Waals surface area contributed by atoms with E-state index in [2.05, 4.69) is 37.9 Å². The fourth-order valence-corrected chi connectivity index (χ4v) is 2.73. The fraction of sp³-hybridized carbons (Fsp3) is 0.625. The zero-order chi connectivity index (χ0) is 14.5. The van der Waals surface area contributed by atoms with Gasteiger partial charge in [0.25, 0.3) is 0 Å². The predicted molar refractivity (Wildman–Crippen MR) is 81.4 cm³/mol. The lowest BCUT2D eigenvalue weighted by Crippen LogP contribution is -2.37. The largest absolute Gasteiger partial charge is 0.486 e. The molecule has 4 heteroatoms. The van der Waals surface area contributed by atoms with Crippen LogP contribution in [0.25, 0.3) is 0 Å². The summed E-state index contributed by atoms with van der Waals surface area (Å²) in [6, 6.07) is 6.89. The first kappa shape index (κ1) is 15.1. The first-order valence-electron chi connectivity index (χ1n) is 7.49. The number of rotatable bonds is 6.